The highest BCUT2D eigenvalue weighted by atomic mass is 35.5. The van der Waals surface area contributed by atoms with Crippen molar-refractivity contribution in [2.45, 2.75) is 52.2 Å². The molecular formula is C18H24Cl2N2O5. The molecule has 1 aromatic carbocycles. The molecule has 9 heteroatoms. The molecule has 0 aliphatic carbocycles. The van der Waals surface area contributed by atoms with Crippen molar-refractivity contribution in [2.75, 3.05) is 11.9 Å². The molecule has 0 saturated carbocycles. The Kier molecular flexibility index (Phi) is 8.85. The number of esters is 1. The molecular weight excluding hydrogens is 395 g/mol. The number of rotatable bonds is 7. The van der Waals surface area contributed by atoms with E-state index in [-0.39, 0.29) is 18.0 Å². The van der Waals surface area contributed by atoms with Crippen LogP contribution in [0.15, 0.2) is 18.2 Å². The maximum atomic E-state index is 12.1. The van der Waals surface area contributed by atoms with Crippen LogP contribution in [0.2, 0.25) is 10.0 Å². The standard InChI is InChI=1S/C18H24Cl2N2O5/c1-11(16(24)22-14-8-7-12(19)10-13(14)20)26-15(23)6-5-9-21-17(25)27-18(2,3)4/h7-8,10-11H,5-6,9H2,1-4H3,(H,21,25)(H,22,24)/t11-/m0/s1. The Labute approximate surface area is 168 Å². The maximum absolute atomic E-state index is 12.1. The highest BCUT2D eigenvalue weighted by Gasteiger charge is 2.19. The molecule has 1 rings (SSSR count). The van der Waals surface area contributed by atoms with Gasteiger partial charge in [0.2, 0.25) is 0 Å². The second kappa shape index (κ2) is 10.4. The Morgan fingerprint density at radius 2 is 1.85 bits per heavy atom. The summed E-state index contributed by atoms with van der Waals surface area (Å²) in [6.45, 7) is 6.98. The Bertz CT molecular complexity index is 689. The van der Waals surface area contributed by atoms with E-state index in [1.165, 1.54) is 13.0 Å². The van der Waals surface area contributed by atoms with Gasteiger partial charge in [-0.1, -0.05) is 23.2 Å². The number of amides is 2. The highest BCUT2D eigenvalue weighted by molar-refractivity contribution is 6.36. The summed E-state index contributed by atoms with van der Waals surface area (Å²) in [4.78, 5) is 35.4. The van der Waals surface area contributed by atoms with Crippen molar-refractivity contribution in [3.63, 3.8) is 0 Å². The lowest BCUT2D eigenvalue weighted by atomic mass is 10.2. The number of hydrogen-bond acceptors (Lipinski definition) is 5. The highest BCUT2D eigenvalue weighted by Crippen LogP contribution is 2.25. The SMILES string of the molecule is C[C@H](OC(=O)CCCNC(=O)OC(C)(C)C)C(=O)Nc1ccc(Cl)cc1Cl. The van der Waals surface area contributed by atoms with E-state index >= 15 is 0 Å². The maximum Gasteiger partial charge on any atom is 0.407 e. The molecule has 0 spiro atoms. The molecule has 150 valence electrons. The van der Waals surface area contributed by atoms with Crippen LogP contribution in [0.25, 0.3) is 0 Å². The van der Waals surface area contributed by atoms with E-state index in [4.69, 9.17) is 32.7 Å². The summed E-state index contributed by atoms with van der Waals surface area (Å²) < 4.78 is 10.1. The summed E-state index contributed by atoms with van der Waals surface area (Å²) in [6.07, 6.45) is -1.14. The molecule has 2 N–H and O–H groups in total. The number of benzene rings is 1. The van der Waals surface area contributed by atoms with Crippen molar-refractivity contribution in [1.82, 2.24) is 5.32 Å². The molecule has 0 aliphatic rings. The van der Waals surface area contributed by atoms with E-state index in [1.54, 1.807) is 32.9 Å². The molecule has 27 heavy (non-hydrogen) atoms. The number of halogens is 2. The van der Waals surface area contributed by atoms with Gasteiger partial charge in [0.25, 0.3) is 5.91 Å². The Morgan fingerprint density at radius 1 is 1.19 bits per heavy atom. The second-order valence-electron chi connectivity index (χ2n) is 6.78. The summed E-state index contributed by atoms with van der Waals surface area (Å²) in [5.41, 5.74) is -0.214. The molecule has 0 unspecified atom stereocenters. The predicted molar refractivity (Wildman–Crippen MR) is 104 cm³/mol. The average Bonchev–Trinajstić information content (AvgIpc) is 2.52. The van der Waals surface area contributed by atoms with Crippen LogP contribution in [0, 0.1) is 0 Å². The third-order valence-corrected chi connectivity index (χ3v) is 3.64. The van der Waals surface area contributed by atoms with Gasteiger partial charge in [0, 0.05) is 18.0 Å². The largest absolute Gasteiger partial charge is 0.453 e. The van der Waals surface area contributed by atoms with E-state index in [9.17, 15) is 14.4 Å². The quantitative estimate of drug-likeness (QED) is 0.511. The number of carbonyl (C=O) groups is 3. The van der Waals surface area contributed by atoms with Crippen molar-refractivity contribution in [3.8, 4) is 0 Å². The fourth-order valence-electron chi connectivity index (χ4n) is 1.87. The van der Waals surface area contributed by atoms with Crippen LogP contribution < -0.4 is 10.6 Å². The summed E-state index contributed by atoms with van der Waals surface area (Å²) in [5, 5.41) is 5.83. The van der Waals surface area contributed by atoms with Gasteiger partial charge in [0.05, 0.1) is 10.7 Å². The van der Waals surface area contributed by atoms with Crippen LogP contribution in [-0.4, -0.2) is 36.2 Å². The van der Waals surface area contributed by atoms with Gasteiger partial charge < -0.3 is 20.1 Å². The Balaban J connectivity index is 2.33. The molecule has 0 heterocycles. The fraction of sp³-hybridized carbons (Fsp3) is 0.500. The minimum Gasteiger partial charge on any atom is -0.453 e. The lowest BCUT2D eigenvalue weighted by molar-refractivity contribution is -0.153. The predicted octanol–water partition coefficient (Wildman–Crippen LogP) is 4.17. The van der Waals surface area contributed by atoms with Gasteiger partial charge in [-0.25, -0.2) is 4.79 Å². The van der Waals surface area contributed by atoms with Crippen molar-refractivity contribution in [1.29, 1.82) is 0 Å². The molecule has 0 aromatic heterocycles. The molecule has 0 bridgehead atoms. The molecule has 0 aliphatic heterocycles. The van der Waals surface area contributed by atoms with E-state index in [2.05, 4.69) is 10.6 Å². The van der Waals surface area contributed by atoms with E-state index < -0.39 is 29.7 Å². The van der Waals surface area contributed by atoms with Crippen molar-refractivity contribution >= 4 is 46.9 Å². The molecule has 1 aromatic rings. The Hall–Kier alpha value is -1.99. The summed E-state index contributed by atoms with van der Waals surface area (Å²) in [7, 11) is 0. The zero-order chi connectivity index (χ0) is 20.6. The number of anilines is 1. The average molecular weight is 419 g/mol. The molecule has 7 nitrogen and oxygen atoms in total. The molecule has 0 fully saturated rings. The number of nitrogens with one attached hydrogen (secondary N) is 2. The van der Waals surface area contributed by atoms with Gasteiger partial charge in [-0.05, 0) is 52.3 Å². The number of carbonyl (C=O) groups excluding carboxylic acids is 3. The second-order valence-corrected chi connectivity index (χ2v) is 7.62. The first-order valence-corrected chi connectivity index (χ1v) is 9.16. The van der Waals surface area contributed by atoms with Crippen LogP contribution in [0.3, 0.4) is 0 Å². The lowest BCUT2D eigenvalue weighted by Gasteiger charge is -2.19. The van der Waals surface area contributed by atoms with Gasteiger partial charge in [-0.15, -0.1) is 0 Å². The molecule has 1 atom stereocenters. The van der Waals surface area contributed by atoms with Crippen LogP contribution in [0.4, 0.5) is 10.5 Å². The van der Waals surface area contributed by atoms with Gasteiger partial charge in [0.1, 0.15) is 5.60 Å². The fourth-order valence-corrected chi connectivity index (χ4v) is 2.33. The van der Waals surface area contributed by atoms with Gasteiger partial charge in [-0.3, -0.25) is 9.59 Å². The smallest absolute Gasteiger partial charge is 0.407 e. The van der Waals surface area contributed by atoms with Crippen LogP contribution in [0.1, 0.15) is 40.5 Å². The Morgan fingerprint density at radius 3 is 2.44 bits per heavy atom. The summed E-state index contributed by atoms with van der Waals surface area (Å²) >= 11 is 11.8. The topological polar surface area (TPSA) is 93.7 Å². The monoisotopic (exact) mass is 418 g/mol. The molecule has 0 radical (unpaired) electrons. The summed E-state index contributed by atoms with van der Waals surface area (Å²) in [5.74, 6) is -1.06. The number of ether oxygens (including phenoxy) is 2. The van der Waals surface area contributed by atoms with Gasteiger partial charge in [0.15, 0.2) is 6.10 Å². The van der Waals surface area contributed by atoms with Crippen molar-refractivity contribution in [2.24, 2.45) is 0 Å². The number of alkyl carbamates (subject to hydrolysis) is 1. The van der Waals surface area contributed by atoms with E-state index in [0.29, 0.717) is 17.1 Å². The van der Waals surface area contributed by atoms with Crippen molar-refractivity contribution in [3.05, 3.63) is 28.2 Å². The first kappa shape index (κ1) is 23.0. The van der Waals surface area contributed by atoms with Gasteiger partial charge in [-0.2, -0.15) is 0 Å². The molecule has 0 saturated heterocycles. The number of hydrogen-bond donors (Lipinski definition) is 2. The zero-order valence-corrected chi connectivity index (χ0v) is 17.2. The third-order valence-electron chi connectivity index (χ3n) is 3.09. The van der Waals surface area contributed by atoms with E-state index in [1.807, 2.05) is 0 Å². The van der Waals surface area contributed by atoms with Crippen LogP contribution >= 0.6 is 23.2 Å². The minimum absolute atomic E-state index is 0.0507. The normalized spacial score (nSPS) is 12.1. The van der Waals surface area contributed by atoms with Crippen LogP contribution in [-0.2, 0) is 19.1 Å². The van der Waals surface area contributed by atoms with Gasteiger partial charge >= 0.3 is 12.1 Å². The first-order valence-electron chi connectivity index (χ1n) is 8.40. The lowest BCUT2D eigenvalue weighted by Crippen LogP contribution is -2.33. The first-order chi connectivity index (χ1) is 12.5. The van der Waals surface area contributed by atoms with Crippen molar-refractivity contribution < 1.29 is 23.9 Å². The summed E-state index contributed by atoms with van der Waals surface area (Å²) in [6, 6.07) is 4.63. The molecule has 2 amide bonds. The minimum atomic E-state index is -0.997. The third kappa shape index (κ3) is 9.49. The van der Waals surface area contributed by atoms with E-state index in [0.717, 1.165) is 0 Å². The van der Waals surface area contributed by atoms with Crippen LogP contribution in [0.5, 0.6) is 0 Å². The zero-order valence-electron chi connectivity index (χ0n) is 15.7.